The summed E-state index contributed by atoms with van der Waals surface area (Å²) in [6.07, 6.45) is 4.61. The molecule has 1 aliphatic carbocycles. The molecule has 1 aromatic carbocycles. The summed E-state index contributed by atoms with van der Waals surface area (Å²) in [4.78, 5) is 1.20. The summed E-state index contributed by atoms with van der Waals surface area (Å²) in [5, 5.41) is 9.36. The van der Waals surface area contributed by atoms with Crippen LogP contribution in [0.2, 0.25) is 0 Å². The van der Waals surface area contributed by atoms with Crippen LogP contribution in [0.4, 0.5) is 0 Å². The van der Waals surface area contributed by atoms with Crippen molar-refractivity contribution >= 4 is 27.7 Å². The first kappa shape index (κ1) is 13.0. The maximum absolute atomic E-state index is 9.36. The molecule has 0 atom stereocenters. The Morgan fingerprint density at radius 1 is 1.41 bits per heavy atom. The third-order valence-electron chi connectivity index (χ3n) is 3.26. The van der Waals surface area contributed by atoms with Crippen molar-refractivity contribution in [2.24, 2.45) is 5.92 Å². The van der Waals surface area contributed by atoms with Crippen LogP contribution in [0.1, 0.15) is 32.6 Å². The van der Waals surface area contributed by atoms with Gasteiger partial charge in [-0.15, -0.1) is 11.8 Å². The van der Waals surface area contributed by atoms with Gasteiger partial charge in [-0.2, -0.15) is 5.26 Å². The minimum atomic E-state index is -0.159. The quantitative estimate of drug-likeness (QED) is 0.780. The molecule has 0 aromatic heterocycles. The number of hydrogen-bond donors (Lipinski definition) is 0. The maximum atomic E-state index is 9.36. The van der Waals surface area contributed by atoms with Gasteiger partial charge in [0.1, 0.15) is 4.75 Å². The standard InChI is InChI=1S/C14H16BrNS/c1-2-3-11-8-14(9-11,10-16)17-13-6-4-12(15)5-7-13/h4-7,11H,2-3,8-9H2,1H3. The topological polar surface area (TPSA) is 23.8 Å². The van der Waals surface area contributed by atoms with E-state index in [1.807, 2.05) is 12.1 Å². The molecular weight excluding hydrogens is 294 g/mol. The van der Waals surface area contributed by atoms with Crippen molar-refractivity contribution in [3.63, 3.8) is 0 Å². The average molecular weight is 310 g/mol. The van der Waals surface area contributed by atoms with Gasteiger partial charge in [-0.05, 0) is 43.0 Å². The smallest absolute Gasteiger partial charge is 0.108 e. The molecule has 17 heavy (non-hydrogen) atoms. The Balaban J connectivity index is 1.98. The number of halogens is 1. The fourth-order valence-electron chi connectivity index (χ4n) is 2.41. The van der Waals surface area contributed by atoms with Crippen LogP contribution in [0, 0.1) is 17.2 Å². The van der Waals surface area contributed by atoms with E-state index in [-0.39, 0.29) is 4.75 Å². The van der Waals surface area contributed by atoms with Crippen LogP contribution < -0.4 is 0 Å². The summed E-state index contributed by atoms with van der Waals surface area (Å²) in [5.74, 6) is 0.766. The highest BCUT2D eigenvalue weighted by molar-refractivity contribution is 9.10. The van der Waals surface area contributed by atoms with Crippen molar-refractivity contribution in [2.75, 3.05) is 0 Å². The molecular formula is C14H16BrNS. The lowest BCUT2D eigenvalue weighted by atomic mass is 9.73. The Hall–Kier alpha value is -0.460. The largest absolute Gasteiger partial charge is 0.197 e. The Bertz CT molecular complexity index is 415. The van der Waals surface area contributed by atoms with Crippen LogP contribution in [0.5, 0.6) is 0 Å². The maximum Gasteiger partial charge on any atom is 0.108 e. The van der Waals surface area contributed by atoms with Crippen molar-refractivity contribution in [1.29, 1.82) is 5.26 Å². The molecule has 1 aromatic rings. The van der Waals surface area contributed by atoms with Crippen LogP contribution >= 0.6 is 27.7 Å². The Morgan fingerprint density at radius 2 is 2.06 bits per heavy atom. The van der Waals surface area contributed by atoms with Crippen LogP contribution in [-0.2, 0) is 0 Å². The predicted molar refractivity (Wildman–Crippen MR) is 76.0 cm³/mol. The fourth-order valence-corrected chi connectivity index (χ4v) is 4.08. The summed E-state index contributed by atoms with van der Waals surface area (Å²) < 4.78 is 0.929. The summed E-state index contributed by atoms with van der Waals surface area (Å²) in [5.41, 5.74) is 0. The fraction of sp³-hybridized carbons (Fsp3) is 0.500. The van der Waals surface area contributed by atoms with Gasteiger partial charge in [0.05, 0.1) is 6.07 Å². The van der Waals surface area contributed by atoms with Crippen LogP contribution in [0.3, 0.4) is 0 Å². The third kappa shape index (κ3) is 3.05. The summed E-state index contributed by atoms with van der Waals surface area (Å²) >= 11 is 5.16. The van der Waals surface area contributed by atoms with Gasteiger partial charge in [0.2, 0.25) is 0 Å². The van der Waals surface area contributed by atoms with Crippen LogP contribution in [0.25, 0.3) is 0 Å². The molecule has 3 heteroatoms. The molecule has 1 nitrogen and oxygen atoms in total. The second kappa shape index (κ2) is 5.46. The highest BCUT2D eigenvalue weighted by atomic mass is 79.9. The molecule has 0 spiro atoms. The Labute approximate surface area is 116 Å². The SMILES string of the molecule is CCCC1CC(C#N)(Sc2ccc(Br)cc2)C1. The lowest BCUT2D eigenvalue weighted by Crippen LogP contribution is -2.39. The monoisotopic (exact) mass is 309 g/mol. The van der Waals surface area contributed by atoms with Gasteiger partial charge in [0, 0.05) is 9.37 Å². The second-order valence-corrected chi connectivity index (χ2v) is 7.10. The van der Waals surface area contributed by atoms with Gasteiger partial charge < -0.3 is 0 Å². The summed E-state index contributed by atoms with van der Waals surface area (Å²) in [6, 6.07) is 10.8. The number of benzene rings is 1. The minimum absolute atomic E-state index is 0.159. The number of hydrogen-bond acceptors (Lipinski definition) is 2. The van der Waals surface area contributed by atoms with Gasteiger partial charge in [0.15, 0.2) is 0 Å². The second-order valence-electron chi connectivity index (χ2n) is 4.73. The lowest BCUT2D eigenvalue weighted by molar-refractivity contribution is 0.258. The number of nitrogens with zero attached hydrogens (tertiary/aromatic N) is 1. The van der Waals surface area contributed by atoms with Gasteiger partial charge in [-0.1, -0.05) is 35.7 Å². The molecule has 0 amide bonds. The molecule has 0 N–H and O–H groups in total. The first-order chi connectivity index (χ1) is 8.17. The van der Waals surface area contributed by atoms with Crippen molar-refractivity contribution in [3.05, 3.63) is 28.7 Å². The van der Waals surface area contributed by atoms with E-state index < -0.39 is 0 Å². The van der Waals surface area contributed by atoms with Crippen molar-refractivity contribution in [1.82, 2.24) is 0 Å². The Kier molecular flexibility index (Phi) is 4.17. The molecule has 90 valence electrons. The van der Waals surface area contributed by atoms with Crippen LogP contribution in [0.15, 0.2) is 33.6 Å². The van der Waals surface area contributed by atoms with E-state index in [2.05, 4.69) is 41.1 Å². The molecule has 1 saturated carbocycles. The first-order valence-electron chi connectivity index (χ1n) is 6.03. The van der Waals surface area contributed by atoms with Crippen molar-refractivity contribution in [2.45, 2.75) is 42.2 Å². The molecule has 1 aliphatic rings. The van der Waals surface area contributed by atoms with Crippen LogP contribution in [-0.4, -0.2) is 4.75 Å². The number of nitriles is 1. The number of rotatable bonds is 4. The normalized spacial score (nSPS) is 27.2. The minimum Gasteiger partial charge on any atom is -0.197 e. The molecule has 0 heterocycles. The van der Waals surface area contributed by atoms with Gasteiger partial charge in [-0.3, -0.25) is 0 Å². The Morgan fingerprint density at radius 3 is 2.59 bits per heavy atom. The zero-order chi connectivity index (χ0) is 12.3. The molecule has 0 aliphatic heterocycles. The molecule has 0 saturated heterocycles. The third-order valence-corrected chi connectivity index (χ3v) is 5.12. The molecule has 2 rings (SSSR count). The van der Waals surface area contributed by atoms with E-state index in [9.17, 15) is 5.26 Å². The van der Waals surface area contributed by atoms with Crippen molar-refractivity contribution < 1.29 is 0 Å². The van der Waals surface area contributed by atoms with Gasteiger partial charge in [-0.25, -0.2) is 0 Å². The van der Waals surface area contributed by atoms with Crippen molar-refractivity contribution in [3.8, 4) is 6.07 Å². The number of thioether (sulfide) groups is 1. The highest BCUT2D eigenvalue weighted by Crippen LogP contribution is 2.51. The van der Waals surface area contributed by atoms with E-state index in [0.717, 1.165) is 23.2 Å². The lowest BCUT2D eigenvalue weighted by Gasteiger charge is -2.42. The molecule has 0 unspecified atom stereocenters. The van der Waals surface area contributed by atoms with E-state index in [1.165, 1.54) is 17.7 Å². The van der Waals surface area contributed by atoms with E-state index >= 15 is 0 Å². The molecule has 0 bridgehead atoms. The molecule has 0 radical (unpaired) electrons. The van der Waals surface area contributed by atoms with Gasteiger partial charge in [0.25, 0.3) is 0 Å². The summed E-state index contributed by atoms with van der Waals surface area (Å²) in [7, 11) is 0. The van der Waals surface area contributed by atoms with Gasteiger partial charge >= 0.3 is 0 Å². The zero-order valence-corrected chi connectivity index (χ0v) is 12.4. The van der Waals surface area contributed by atoms with E-state index in [0.29, 0.717) is 0 Å². The molecule has 1 fully saturated rings. The average Bonchev–Trinajstić information content (AvgIpc) is 2.29. The zero-order valence-electron chi connectivity index (χ0n) is 9.95. The predicted octanol–water partition coefficient (Wildman–Crippen LogP) is 5.01. The van der Waals surface area contributed by atoms with E-state index in [4.69, 9.17) is 0 Å². The summed E-state index contributed by atoms with van der Waals surface area (Å²) in [6.45, 7) is 2.22. The van der Waals surface area contributed by atoms with E-state index in [1.54, 1.807) is 11.8 Å². The highest BCUT2D eigenvalue weighted by Gasteiger charge is 2.44. The first-order valence-corrected chi connectivity index (χ1v) is 7.64.